The molecular formula is C13H18N2O2. The van der Waals surface area contributed by atoms with Gasteiger partial charge in [-0.3, -0.25) is 4.79 Å². The number of methoxy groups -OCH3 is 1. The Balaban J connectivity index is 2.09. The van der Waals surface area contributed by atoms with Crippen LogP contribution in [0.4, 0.5) is 0 Å². The maximum Gasteiger partial charge on any atom is 0.240 e. The molecule has 1 aromatic rings. The monoisotopic (exact) mass is 234 g/mol. The first-order valence-electron chi connectivity index (χ1n) is 5.79. The van der Waals surface area contributed by atoms with Crippen molar-refractivity contribution in [1.82, 2.24) is 5.32 Å². The molecule has 1 aliphatic rings. The third-order valence-corrected chi connectivity index (χ3v) is 3.19. The van der Waals surface area contributed by atoms with E-state index in [0.29, 0.717) is 0 Å². The summed E-state index contributed by atoms with van der Waals surface area (Å²) in [6.07, 6.45) is 1.55. The van der Waals surface area contributed by atoms with E-state index >= 15 is 0 Å². The fraction of sp³-hybridized carbons (Fsp3) is 0.462. The lowest BCUT2D eigenvalue weighted by Gasteiger charge is -2.19. The quantitative estimate of drug-likeness (QED) is 0.826. The summed E-state index contributed by atoms with van der Waals surface area (Å²) in [5, 5.41) is 2.93. The van der Waals surface area contributed by atoms with E-state index in [0.717, 1.165) is 24.2 Å². The van der Waals surface area contributed by atoms with E-state index in [-0.39, 0.29) is 11.9 Å². The van der Waals surface area contributed by atoms with Gasteiger partial charge in [-0.05, 0) is 25.8 Å². The Hall–Kier alpha value is -1.55. The first-order valence-corrected chi connectivity index (χ1v) is 5.79. The van der Waals surface area contributed by atoms with E-state index in [1.165, 1.54) is 0 Å². The molecule has 1 aliphatic carbocycles. The summed E-state index contributed by atoms with van der Waals surface area (Å²) in [5.74, 6) is 0.707. The van der Waals surface area contributed by atoms with Gasteiger partial charge in [0, 0.05) is 5.56 Å². The zero-order chi connectivity index (χ0) is 12.5. The second kappa shape index (κ2) is 4.37. The Labute approximate surface area is 101 Å². The van der Waals surface area contributed by atoms with Crippen molar-refractivity contribution in [1.29, 1.82) is 0 Å². The average Bonchev–Trinajstić information content (AvgIpc) is 3.08. The van der Waals surface area contributed by atoms with E-state index in [9.17, 15) is 4.79 Å². The summed E-state index contributed by atoms with van der Waals surface area (Å²) in [7, 11) is 1.62. The van der Waals surface area contributed by atoms with Gasteiger partial charge in [0.2, 0.25) is 5.91 Å². The Morgan fingerprint density at radius 3 is 2.71 bits per heavy atom. The van der Waals surface area contributed by atoms with Crippen molar-refractivity contribution in [3.8, 4) is 5.75 Å². The number of carbonyl (C=O) groups excluding carboxylic acids is 1. The molecule has 0 spiro atoms. The molecule has 0 heterocycles. The molecule has 1 fully saturated rings. The zero-order valence-corrected chi connectivity index (χ0v) is 10.2. The molecule has 0 aromatic heterocycles. The molecular weight excluding hydrogens is 216 g/mol. The largest absolute Gasteiger partial charge is 0.496 e. The van der Waals surface area contributed by atoms with Gasteiger partial charge in [0.1, 0.15) is 5.75 Å². The van der Waals surface area contributed by atoms with Crippen molar-refractivity contribution in [3.05, 3.63) is 29.8 Å². The Morgan fingerprint density at radius 2 is 2.12 bits per heavy atom. The standard InChI is InChI=1S/C13H18N2O2/c1-9(15-12(16)13(14)7-8-13)10-5-3-4-6-11(10)17-2/h3-6,9H,7-8,14H2,1-2H3,(H,15,16)/t9-/m1/s1. The van der Waals surface area contributed by atoms with Crippen molar-refractivity contribution in [2.75, 3.05) is 7.11 Å². The predicted molar refractivity (Wildman–Crippen MR) is 65.7 cm³/mol. The van der Waals surface area contributed by atoms with E-state index in [4.69, 9.17) is 10.5 Å². The van der Waals surface area contributed by atoms with Crippen LogP contribution in [0.3, 0.4) is 0 Å². The van der Waals surface area contributed by atoms with Crippen LogP contribution in [0.2, 0.25) is 0 Å². The van der Waals surface area contributed by atoms with Crippen LogP contribution >= 0.6 is 0 Å². The van der Waals surface area contributed by atoms with Gasteiger partial charge in [-0.25, -0.2) is 0 Å². The van der Waals surface area contributed by atoms with Gasteiger partial charge in [-0.1, -0.05) is 18.2 Å². The summed E-state index contributed by atoms with van der Waals surface area (Å²) in [6, 6.07) is 7.56. The number of ether oxygens (including phenoxy) is 1. The van der Waals surface area contributed by atoms with Crippen LogP contribution in [-0.2, 0) is 4.79 Å². The number of hydrogen-bond donors (Lipinski definition) is 2. The average molecular weight is 234 g/mol. The lowest BCUT2D eigenvalue weighted by atomic mass is 10.1. The second-order valence-corrected chi connectivity index (χ2v) is 4.59. The number of benzene rings is 1. The number of amides is 1. The van der Waals surface area contributed by atoms with Gasteiger partial charge < -0.3 is 15.8 Å². The molecule has 2 rings (SSSR count). The topological polar surface area (TPSA) is 64.3 Å². The first kappa shape index (κ1) is 11.9. The van der Waals surface area contributed by atoms with Gasteiger partial charge >= 0.3 is 0 Å². The third-order valence-electron chi connectivity index (χ3n) is 3.19. The second-order valence-electron chi connectivity index (χ2n) is 4.59. The third kappa shape index (κ3) is 2.42. The maximum absolute atomic E-state index is 11.8. The molecule has 1 amide bonds. The van der Waals surface area contributed by atoms with Crippen molar-refractivity contribution in [2.45, 2.75) is 31.3 Å². The summed E-state index contributed by atoms with van der Waals surface area (Å²) in [5.41, 5.74) is 6.18. The molecule has 4 heteroatoms. The smallest absolute Gasteiger partial charge is 0.240 e. The Bertz CT molecular complexity index is 427. The van der Waals surface area contributed by atoms with Gasteiger partial charge in [0.15, 0.2) is 0 Å². The maximum atomic E-state index is 11.8. The summed E-state index contributed by atoms with van der Waals surface area (Å²) in [4.78, 5) is 11.8. The minimum atomic E-state index is -0.629. The van der Waals surface area contributed by atoms with E-state index in [2.05, 4.69) is 5.32 Å². The number of para-hydroxylation sites is 1. The molecule has 1 aromatic carbocycles. The fourth-order valence-electron chi connectivity index (χ4n) is 1.80. The Morgan fingerprint density at radius 1 is 1.47 bits per heavy atom. The normalized spacial score (nSPS) is 18.3. The summed E-state index contributed by atoms with van der Waals surface area (Å²) < 4.78 is 5.27. The molecule has 0 radical (unpaired) electrons. The highest BCUT2D eigenvalue weighted by atomic mass is 16.5. The lowest BCUT2D eigenvalue weighted by molar-refractivity contribution is -0.123. The number of nitrogens with one attached hydrogen (secondary N) is 1. The zero-order valence-electron chi connectivity index (χ0n) is 10.2. The summed E-state index contributed by atoms with van der Waals surface area (Å²) >= 11 is 0. The van der Waals surface area contributed by atoms with E-state index in [1.807, 2.05) is 31.2 Å². The highest BCUT2D eigenvalue weighted by molar-refractivity contribution is 5.89. The number of carbonyl (C=O) groups is 1. The fourth-order valence-corrected chi connectivity index (χ4v) is 1.80. The molecule has 92 valence electrons. The van der Waals surface area contributed by atoms with Gasteiger partial charge in [0.25, 0.3) is 0 Å². The van der Waals surface area contributed by atoms with Crippen LogP contribution in [0.25, 0.3) is 0 Å². The minimum absolute atomic E-state index is 0.0732. The molecule has 0 saturated heterocycles. The minimum Gasteiger partial charge on any atom is -0.496 e. The van der Waals surface area contributed by atoms with Crippen molar-refractivity contribution < 1.29 is 9.53 Å². The van der Waals surface area contributed by atoms with Gasteiger partial charge in [-0.15, -0.1) is 0 Å². The lowest BCUT2D eigenvalue weighted by Crippen LogP contribution is -2.43. The number of rotatable bonds is 4. The van der Waals surface area contributed by atoms with Crippen LogP contribution in [0.5, 0.6) is 5.75 Å². The molecule has 0 aliphatic heterocycles. The van der Waals surface area contributed by atoms with Crippen LogP contribution in [0.15, 0.2) is 24.3 Å². The molecule has 3 N–H and O–H groups in total. The van der Waals surface area contributed by atoms with Gasteiger partial charge in [-0.2, -0.15) is 0 Å². The number of nitrogens with two attached hydrogens (primary N) is 1. The highest BCUT2D eigenvalue weighted by Crippen LogP contribution is 2.33. The molecule has 1 atom stereocenters. The van der Waals surface area contributed by atoms with Crippen molar-refractivity contribution in [3.63, 3.8) is 0 Å². The van der Waals surface area contributed by atoms with E-state index in [1.54, 1.807) is 7.11 Å². The van der Waals surface area contributed by atoms with Crippen LogP contribution < -0.4 is 15.8 Å². The van der Waals surface area contributed by atoms with E-state index < -0.39 is 5.54 Å². The highest BCUT2D eigenvalue weighted by Gasteiger charge is 2.46. The van der Waals surface area contributed by atoms with Crippen molar-refractivity contribution >= 4 is 5.91 Å². The van der Waals surface area contributed by atoms with Crippen LogP contribution in [0, 0.1) is 0 Å². The number of hydrogen-bond acceptors (Lipinski definition) is 3. The Kier molecular flexibility index (Phi) is 3.07. The first-order chi connectivity index (χ1) is 8.07. The predicted octanol–water partition coefficient (Wildman–Crippen LogP) is 1.36. The van der Waals surface area contributed by atoms with Crippen LogP contribution in [0.1, 0.15) is 31.4 Å². The summed E-state index contributed by atoms with van der Waals surface area (Å²) in [6.45, 7) is 1.93. The van der Waals surface area contributed by atoms with Gasteiger partial charge in [0.05, 0.1) is 18.7 Å². The SMILES string of the molecule is COc1ccccc1[C@@H](C)NC(=O)C1(N)CC1. The molecule has 0 bridgehead atoms. The molecule has 4 nitrogen and oxygen atoms in total. The molecule has 1 saturated carbocycles. The van der Waals surface area contributed by atoms with Crippen molar-refractivity contribution in [2.24, 2.45) is 5.73 Å². The molecule has 0 unspecified atom stereocenters. The van der Waals surface area contributed by atoms with Crippen LogP contribution in [-0.4, -0.2) is 18.6 Å². The molecule has 17 heavy (non-hydrogen) atoms.